The molecule has 1 aliphatic rings. The number of carboxylic acids is 1. The first-order valence-corrected chi connectivity index (χ1v) is 9.13. The van der Waals surface area contributed by atoms with Gasteiger partial charge in [0, 0.05) is 24.6 Å². The maximum atomic E-state index is 12.6. The zero-order valence-electron chi connectivity index (χ0n) is 15.1. The monoisotopic (exact) mass is 363 g/mol. The van der Waals surface area contributed by atoms with E-state index in [1.54, 1.807) is 9.47 Å². The highest BCUT2D eigenvalue weighted by Gasteiger charge is 2.35. The molecule has 1 N–H and O–H groups in total. The number of aryl methyl sites for hydroxylation is 1. The Labute approximate surface area is 157 Å². The summed E-state index contributed by atoms with van der Waals surface area (Å²) >= 11 is 0. The lowest BCUT2D eigenvalue weighted by molar-refractivity contribution is -0.137. The average molecular weight is 363 g/mol. The van der Waals surface area contributed by atoms with E-state index in [1.807, 2.05) is 48.5 Å². The Kier molecular flexibility index (Phi) is 4.39. The summed E-state index contributed by atoms with van der Waals surface area (Å²) in [5.41, 5.74) is 3.64. The van der Waals surface area contributed by atoms with E-state index >= 15 is 0 Å². The molecule has 3 aromatic rings. The van der Waals surface area contributed by atoms with Gasteiger partial charge in [0.05, 0.1) is 11.0 Å². The van der Waals surface area contributed by atoms with Crippen molar-refractivity contribution in [2.75, 3.05) is 11.4 Å². The first-order chi connectivity index (χ1) is 13.1. The lowest BCUT2D eigenvalue weighted by Gasteiger charge is -2.17. The van der Waals surface area contributed by atoms with Crippen LogP contribution in [0.25, 0.3) is 11.0 Å². The zero-order valence-corrected chi connectivity index (χ0v) is 15.1. The number of hydrogen-bond acceptors (Lipinski definition) is 3. The van der Waals surface area contributed by atoms with Crippen molar-refractivity contribution in [2.24, 2.45) is 0 Å². The predicted octanol–water partition coefficient (Wildman–Crippen LogP) is 3.20. The minimum absolute atomic E-state index is 0.0400. The molecule has 0 bridgehead atoms. The topological polar surface area (TPSA) is 75.4 Å². The zero-order chi connectivity index (χ0) is 19.0. The number of aromatic nitrogens is 2. The van der Waals surface area contributed by atoms with Crippen LogP contribution in [0.15, 0.2) is 48.5 Å². The van der Waals surface area contributed by atoms with Crippen molar-refractivity contribution in [3.8, 4) is 0 Å². The third-order valence-electron chi connectivity index (χ3n) is 5.12. The van der Waals surface area contributed by atoms with Crippen LogP contribution in [0.5, 0.6) is 0 Å². The van der Waals surface area contributed by atoms with Gasteiger partial charge in [0.15, 0.2) is 0 Å². The number of imidazole rings is 1. The van der Waals surface area contributed by atoms with E-state index in [0.717, 1.165) is 23.1 Å². The lowest BCUT2D eigenvalue weighted by Crippen LogP contribution is -2.24. The van der Waals surface area contributed by atoms with Gasteiger partial charge < -0.3 is 14.6 Å². The fraction of sp³-hybridized carbons (Fsp3) is 0.286. The molecule has 0 spiro atoms. The van der Waals surface area contributed by atoms with Gasteiger partial charge in [0.1, 0.15) is 12.4 Å². The largest absolute Gasteiger partial charge is 0.480 e. The fourth-order valence-electron chi connectivity index (χ4n) is 3.75. The molecular weight excluding hydrogens is 342 g/mol. The highest BCUT2D eigenvalue weighted by atomic mass is 16.4. The summed E-state index contributed by atoms with van der Waals surface area (Å²) in [5, 5.41) is 9.32. The molecule has 1 atom stereocenters. The van der Waals surface area contributed by atoms with E-state index in [-0.39, 0.29) is 18.4 Å². The molecule has 4 rings (SSSR count). The van der Waals surface area contributed by atoms with Gasteiger partial charge in [0.25, 0.3) is 0 Å². The second-order valence-electron chi connectivity index (χ2n) is 6.86. The number of carbonyl (C=O) groups is 2. The first kappa shape index (κ1) is 17.3. The summed E-state index contributed by atoms with van der Waals surface area (Å²) in [7, 11) is 0. The highest BCUT2D eigenvalue weighted by Crippen LogP contribution is 2.33. The summed E-state index contributed by atoms with van der Waals surface area (Å²) in [6.07, 6.45) is 1.29. The number of fused-ring (bicyclic) bond motifs is 1. The van der Waals surface area contributed by atoms with Crippen LogP contribution in [0.4, 0.5) is 5.69 Å². The van der Waals surface area contributed by atoms with Crippen molar-refractivity contribution in [2.45, 2.75) is 32.2 Å². The Balaban J connectivity index is 1.68. The number of aliphatic carboxylic acids is 1. The van der Waals surface area contributed by atoms with Crippen LogP contribution < -0.4 is 4.90 Å². The SMILES string of the molecule is CCc1ccc(N2C[C@H](c3nc4ccccc4n3CC(=O)O)CC2=O)cc1. The van der Waals surface area contributed by atoms with Gasteiger partial charge >= 0.3 is 5.97 Å². The van der Waals surface area contributed by atoms with Crippen molar-refractivity contribution in [3.63, 3.8) is 0 Å². The molecule has 0 saturated carbocycles. The van der Waals surface area contributed by atoms with E-state index in [2.05, 4.69) is 11.9 Å². The quantitative estimate of drug-likeness (QED) is 0.755. The normalized spacial score (nSPS) is 17.0. The van der Waals surface area contributed by atoms with E-state index in [9.17, 15) is 14.7 Å². The molecular formula is C21H21N3O3. The van der Waals surface area contributed by atoms with Crippen LogP contribution in [0, 0.1) is 0 Å². The van der Waals surface area contributed by atoms with Gasteiger partial charge in [-0.05, 0) is 36.2 Å². The van der Waals surface area contributed by atoms with E-state index in [1.165, 1.54) is 5.56 Å². The smallest absolute Gasteiger partial charge is 0.323 e. The molecule has 1 aliphatic heterocycles. The number of nitrogens with zero attached hydrogens (tertiary/aromatic N) is 3. The molecule has 6 nitrogen and oxygen atoms in total. The van der Waals surface area contributed by atoms with Crippen molar-refractivity contribution >= 4 is 28.6 Å². The molecule has 1 amide bonds. The molecule has 0 aliphatic carbocycles. The van der Waals surface area contributed by atoms with Crippen LogP contribution >= 0.6 is 0 Å². The Bertz CT molecular complexity index is 1010. The van der Waals surface area contributed by atoms with Gasteiger partial charge in [-0.25, -0.2) is 4.98 Å². The van der Waals surface area contributed by atoms with Crippen molar-refractivity contribution in [1.29, 1.82) is 0 Å². The minimum Gasteiger partial charge on any atom is -0.480 e. The molecule has 27 heavy (non-hydrogen) atoms. The van der Waals surface area contributed by atoms with E-state index in [0.29, 0.717) is 18.8 Å². The molecule has 1 saturated heterocycles. The molecule has 2 heterocycles. The van der Waals surface area contributed by atoms with Gasteiger partial charge in [-0.15, -0.1) is 0 Å². The molecule has 138 valence electrons. The van der Waals surface area contributed by atoms with Crippen LogP contribution in [0.1, 0.15) is 30.7 Å². The maximum Gasteiger partial charge on any atom is 0.323 e. The maximum absolute atomic E-state index is 12.6. The third-order valence-corrected chi connectivity index (χ3v) is 5.12. The number of amides is 1. The Morgan fingerprint density at radius 3 is 2.63 bits per heavy atom. The molecule has 0 unspecified atom stereocenters. The lowest BCUT2D eigenvalue weighted by atomic mass is 10.1. The number of carboxylic acid groups (broad SMARTS) is 1. The number of para-hydroxylation sites is 2. The van der Waals surface area contributed by atoms with Crippen molar-refractivity contribution < 1.29 is 14.7 Å². The average Bonchev–Trinajstić information content (AvgIpc) is 3.22. The number of hydrogen-bond donors (Lipinski definition) is 1. The number of carbonyl (C=O) groups excluding carboxylic acids is 1. The number of benzene rings is 2. The summed E-state index contributed by atoms with van der Waals surface area (Å²) in [6, 6.07) is 15.5. The first-order valence-electron chi connectivity index (χ1n) is 9.13. The van der Waals surface area contributed by atoms with E-state index < -0.39 is 5.97 Å². The minimum atomic E-state index is -0.921. The second kappa shape index (κ2) is 6.87. The van der Waals surface area contributed by atoms with Gasteiger partial charge in [0.2, 0.25) is 5.91 Å². The standard InChI is InChI=1S/C21H21N3O3/c1-2-14-7-9-16(10-8-14)23-12-15(11-19(23)25)21-22-17-5-3-4-6-18(17)24(21)13-20(26)27/h3-10,15H,2,11-13H2,1H3,(H,26,27)/t15-/m1/s1. The Morgan fingerprint density at radius 1 is 1.19 bits per heavy atom. The Hall–Kier alpha value is -3.15. The second-order valence-corrected chi connectivity index (χ2v) is 6.86. The van der Waals surface area contributed by atoms with E-state index in [4.69, 9.17) is 0 Å². The summed E-state index contributed by atoms with van der Waals surface area (Å²) in [6.45, 7) is 2.44. The van der Waals surface area contributed by atoms with Crippen molar-refractivity contribution in [3.05, 3.63) is 59.9 Å². The molecule has 6 heteroatoms. The predicted molar refractivity (Wildman–Crippen MR) is 103 cm³/mol. The number of rotatable bonds is 5. The molecule has 1 fully saturated rings. The molecule has 1 aromatic heterocycles. The van der Waals surface area contributed by atoms with Crippen molar-refractivity contribution in [1.82, 2.24) is 9.55 Å². The summed E-state index contributed by atoms with van der Waals surface area (Å²) < 4.78 is 1.72. The molecule has 2 aromatic carbocycles. The van der Waals surface area contributed by atoms with Gasteiger partial charge in [-0.3, -0.25) is 9.59 Å². The third kappa shape index (κ3) is 3.18. The van der Waals surface area contributed by atoms with Crippen LogP contribution in [-0.4, -0.2) is 33.1 Å². The molecule has 0 radical (unpaired) electrons. The van der Waals surface area contributed by atoms with Crippen LogP contribution in [0.3, 0.4) is 0 Å². The van der Waals surface area contributed by atoms with Gasteiger partial charge in [-0.1, -0.05) is 31.2 Å². The van der Waals surface area contributed by atoms with Gasteiger partial charge in [-0.2, -0.15) is 0 Å². The van der Waals surface area contributed by atoms with Crippen LogP contribution in [0.2, 0.25) is 0 Å². The number of anilines is 1. The highest BCUT2D eigenvalue weighted by molar-refractivity contribution is 5.96. The Morgan fingerprint density at radius 2 is 1.93 bits per heavy atom. The van der Waals surface area contributed by atoms with Crippen LogP contribution in [-0.2, 0) is 22.6 Å². The summed E-state index contributed by atoms with van der Waals surface area (Å²) in [4.78, 5) is 30.4. The summed E-state index contributed by atoms with van der Waals surface area (Å²) in [5.74, 6) is -0.344. The fourth-order valence-corrected chi connectivity index (χ4v) is 3.75.